The number of amides is 1. The lowest BCUT2D eigenvalue weighted by Crippen LogP contribution is -2.14. The molecular formula is C19H16FN3OS. The Morgan fingerprint density at radius 1 is 1.12 bits per heavy atom. The first-order chi connectivity index (χ1) is 12.1. The van der Waals surface area contributed by atoms with E-state index in [1.165, 1.54) is 23.9 Å². The average Bonchev–Trinajstić information content (AvgIpc) is 2.61. The fourth-order valence-corrected chi connectivity index (χ4v) is 3.15. The van der Waals surface area contributed by atoms with Crippen LogP contribution in [-0.2, 0) is 5.75 Å². The Kier molecular flexibility index (Phi) is 5.40. The predicted octanol–water partition coefficient (Wildman–Crippen LogP) is 4.47. The Labute approximate surface area is 149 Å². The van der Waals surface area contributed by atoms with E-state index in [1.54, 1.807) is 42.7 Å². The van der Waals surface area contributed by atoms with Crippen molar-refractivity contribution >= 4 is 23.5 Å². The van der Waals surface area contributed by atoms with E-state index in [9.17, 15) is 9.18 Å². The molecule has 0 saturated carbocycles. The van der Waals surface area contributed by atoms with Crippen LogP contribution in [-0.4, -0.2) is 15.9 Å². The van der Waals surface area contributed by atoms with Gasteiger partial charge in [0, 0.05) is 18.1 Å². The van der Waals surface area contributed by atoms with E-state index in [0.29, 0.717) is 22.2 Å². The van der Waals surface area contributed by atoms with E-state index in [4.69, 9.17) is 0 Å². The molecule has 0 aliphatic heterocycles. The number of hydrogen-bond donors (Lipinski definition) is 1. The van der Waals surface area contributed by atoms with Gasteiger partial charge in [0.1, 0.15) is 16.7 Å². The molecule has 0 saturated heterocycles. The number of nitrogens with one attached hydrogen (secondary N) is 1. The number of thioether (sulfide) groups is 1. The predicted molar refractivity (Wildman–Crippen MR) is 97.1 cm³/mol. The van der Waals surface area contributed by atoms with Crippen molar-refractivity contribution in [3.8, 4) is 0 Å². The molecule has 3 rings (SSSR count). The highest BCUT2D eigenvalue weighted by Gasteiger charge is 2.13. The van der Waals surface area contributed by atoms with Crippen LogP contribution in [0.4, 0.5) is 10.2 Å². The van der Waals surface area contributed by atoms with Gasteiger partial charge in [-0.2, -0.15) is 0 Å². The summed E-state index contributed by atoms with van der Waals surface area (Å²) >= 11 is 1.43. The fourth-order valence-electron chi connectivity index (χ4n) is 2.20. The van der Waals surface area contributed by atoms with E-state index >= 15 is 0 Å². The highest BCUT2D eigenvalue weighted by atomic mass is 32.2. The topological polar surface area (TPSA) is 54.9 Å². The van der Waals surface area contributed by atoms with Gasteiger partial charge in [-0.05, 0) is 54.4 Å². The van der Waals surface area contributed by atoms with Crippen molar-refractivity contribution in [3.05, 3.63) is 83.4 Å². The summed E-state index contributed by atoms with van der Waals surface area (Å²) in [5, 5.41) is 3.41. The lowest BCUT2D eigenvalue weighted by Gasteiger charge is -2.09. The molecule has 3 aromatic rings. The van der Waals surface area contributed by atoms with Crippen LogP contribution in [0.5, 0.6) is 0 Å². The van der Waals surface area contributed by atoms with Crippen LogP contribution >= 0.6 is 11.8 Å². The highest BCUT2D eigenvalue weighted by Crippen LogP contribution is 2.25. The van der Waals surface area contributed by atoms with Gasteiger partial charge in [0.2, 0.25) is 0 Å². The number of halogens is 1. The third kappa shape index (κ3) is 4.64. The summed E-state index contributed by atoms with van der Waals surface area (Å²) in [6.45, 7) is 1.94. The summed E-state index contributed by atoms with van der Waals surface area (Å²) < 4.78 is 13.0. The molecule has 0 bridgehead atoms. The molecule has 25 heavy (non-hydrogen) atoms. The quantitative estimate of drug-likeness (QED) is 0.688. The maximum atomic E-state index is 13.0. The van der Waals surface area contributed by atoms with Gasteiger partial charge in [-0.25, -0.2) is 14.4 Å². The van der Waals surface area contributed by atoms with Crippen LogP contribution in [0.25, 0.3) is 0 Å². The van der Waals surface area contributed by atoms with Crippen LogP contribution in [0.15, 0.2) is 66.0 Å². The largest absolute Gasteiger partial charge is 0.306 e. The van der Waals surface area contributed by atoms with Gasteiger partial charge in [-0.3, -0.25) is 4.79 Å². The van der Waals surface area contributed by atoms with E-state index in [-0.39, 0.29) is 11.7 Å². The van der Waals surface area contributed by atoms with Crippen molar-refractivity contribution in [2.75, 3.05) is 5.32 Å². The minimum Gasteiger partial charge on any atom is -0.306 e. The molecule has 0 atom stereocenters. The Balaban J connectivity index is 1.73. The molecule has 1 aromatic carbocycles. The summed E-state index contributed by atoms with van der Waals surface area (Å²) in [5.74, 6) is 0.578. The molecule has 6 heteroatoms. The number of hydrogen-bond acceptors (Lipinski definition) is 4. The maximum Gasteiger partial charge on any atom is 0.259 e. The Bertz CT molecular complexity index is 884. The molecule has 0 spiro atoms. The number of benzene rings is 1. The van der Waals surface area contributed by atoms with E-state index in [1.807, 2.05) is 13.0 Å². The zero-order valence-corrected chi connectivity index (χ0v) is 14.4. The van der Waals surface area contributed by atoms with Crippen LogP contribution in [0.2, 0.25) is 0 Å². The molecule has 0 fully saturated rings. The van der Waals surface area contributed by atoms with Gasteiger partial charge in [0.05, 0.1) is 5.56 Å². The fraction of sp³-hybridized carbons (Fsp3) is 0.105. The van der Waals surface area contributed by atoms with E-state index < -0.39 is 0 Å². The number of nitrogens with zero attached hydrogens (tertiary/aromatic N) is 2. The second-order valence-corrected chi connectivity index (χ2v) is 6.41. The first-order valence-corrected chi connectivity index (χ1v) is 8.66. The molecule has 0 radical (unpaired) electrons. The average molecular weight is 353 g/mol. The highest BCUT2D eigenvalue weighted by molar-refractivity contribution is 7.98. The van der Waals surface area contributed by atoms with Gasteiger partial charge in [-0.1, -0.05) is 12.1 Å². The van der Waals surface area contributed by atoms with Gasteiger partial charge in [0.25, 0.3) is 5.91 Å². The van der Waals surface area contributed by atoms with Crippen molar-refractivity contribution in [1.82, 2.24) is 9.97 Å². The minimum absolute atomic E-state index is 0.257. The molecule has 1 amide bonds. The SMILES string of the molecule is Cc1ccnc(NC(=O)c2cccnc2SCc2ccc(F)cc2)c1. The molecule has 2 aromatic heterocycles. The zero-order valence-electron chi connectivity index (χ0n) is 13.6. The molecule has 0 unspecified atom stereocenters. The van der Waals surface area contributed by atoms with Crippen molar-refractivity contribution < 1.29 is 9.18 Å². The van der Waals surface area contributed by atoms with E-state index in [0.717, 1.165) is 11.1 Å². The molecule has 0 aliphatic rings. The van der Waals surface area contributed by atoms with Crippen LogP contribution < -0.4 is 5.32 Å². The van der Waals surface area contributed by atoms with Gasteiger partial charge in [0.15, 0.2) is 0 Å². The summed E-state index contributed by atoms with van der Waals surface area (Å²) in [6.07, 6.45) is 3.30. The number of aromatic nitrogens is 2. The lowest BCUT2D eigenvalue weighted by molar-refractivity contribution is 0.102. The summed E-state index contributed by atoms with van der Waals surface area (Å²) in [7, 11) is 0. The van der Waals surface area contributed by atoms with Gasteiger partial charge >= 0.3 is 0 Å². The number of anilines is 1. The lowest BCUT2D eigenvalue weighted by atomic mass is 10.2. The van der Waals surface area contributed by atoms with E-state index in [2.05, 4.69) is 15.3 Å². The number of carbonyl (C=O) groups excluding carboxylic acids is 1. The summed E-state index contributed by atoms with van der Waals surface area (Å²) in [4.78, 5) is 21.0. The van der Waals surface area contributed by atoms with Gasteiger partial charge in [-0.15, -0.1) is 11.8 Å². The Hall–Kier alpha value is -2.73. The van der Waals surface area contributed by atoms with Crippen molar-refractivity contribution in [2.24, 2.45) is 0 Å². The first kappa shape index (κ1) is 17.1. The molecular weight excluding hydrogens is 337 g/mol. The smallest absolute Gasteiger partial charge is 0.259 e. The number of carbonyl (C=O) groups is 1. The van der Waals surface area contributed by atoms with Gasteiger partial charge < -0.3 is 5.32 Å². The molecule has 0 aliphatic carbocycles. The molecule has 126 valence electrons. The van der Waals surface area contributed by atoms with Crippen LogP contribution in [0.1, 0.15) is 21.5 Å². The van der Waals surface area contributed by atoms with Crippen molar-refractivity contribution in [2.45, 2.75) is 17.7 Å². The summed E-state index contributed by atoms with van der Waals surface area (Å²) in [5.41, 5.74) is 2.46. The molecule has 1 N–H and O–H groups in total. The maximum absolute atomic E-state index is 13.0. The first-order valence-electron chi connectivity index (χ1n) is 7.68. The van der Waals surface area contributed by atoms with Crippen molar-refractivity contribution in [1.29, 1.82) is 0 Å². The normalized spacial score (nSPS) is 10.5. The number of aryl methyl sites for hydroxylation is 1. The Morgan fingerprint density at radius 2 is 1.92 bits per heavy atom. The van der Waals surface area contributed by atoms with Crippen molar-refractivity contribution in [3.63, 3.8) is 0 Å². The standard InChI is InChI=1S/C19H16FN3OS/c1-13-8-10-21-17(11-13)23-18(24)16-3-2-9-22-19(16)25-12-14-4-6-15(20)7-5-14/h2-11H,12H2,1H3,(H,21,23,24). The monoisotopic (exact) mass is 353 g/mol. The van der Waals surface area contributed by atoms with Crippen LogP contribution in [0, 0.1) is 12.7 Å². The van der Waals surface area contributed by atoms with Crippen LogP contribution in [0.3, 0.4) is 0 Å². The second kappa shape index (κ2) is 7.90. The third-order valence-corrected chi connectivity index (χ3v) is 4.54. The zero-order chi connectivity index (χ0) is 17.6. The number of rotatable bonds is 5. The third-order valence-electron chi connectivity index (χ3n) is 3.46. The second-order valence-electron chi connectivity index (χ2n) is 5.44. The Morgan fingerprint density at radius 3 is 2.68 bits per heavy atom. The molecule has 4 nitrogen and oxygen atoms in total. The number of pyridine rings is 2. The summed E-state index contributed by atoms with van der Waals surface area (Å²) in [6, 6.07) is 13.4. The minimum atomic E-state index is -0.266. The molecule has 2 heterocycles.